The molecule has 4 nitrogen and oxygen atoms in total. The number of benzene rings is 2. The number of nitrogens with one attached hydrogen (secondary N) is 1. The summed E-state index contributed by atoms with van der Waals surface area (Å²) in [5, 5.41) is 2.76. The molecule has 0 saturated heterocycles. The van der Waals surface area contributed by atoms with Crippen LogP contribution < -0.4 is 14.8 Å². The van der Waals surface area contributed by atoms with Crippen LogP contribution >= 0.6 is 0 Å². The van der Waals surface area contributed by atoms with Gasteiger partial charge in [0.1, 0.15) is 5.82 Å². The molecule has 1 N–H and O–H groups in total. The Morgan fingerprint density at radius 2 is 1.96 bits per heavy atom. The molecule has 0 aromatic heterocycles. The summed E-state index contributed by atoms with van der Waals surface area (Å²) >= 11 is 0. The average Bonchev–Trinajstić information content (AvgIpc) is 2.56. The molecule has 0 unspecified atom stereocenters. The highest BCUT2D eigenvalue weighted by molar-refractivity contribution is 5.94. The molecule has 0 spiro atoms. The lowest BCUT2D eigenvalue weighted by atomic mass is 10.1. The first-order valence-electron chi connectivity index (χ1n) is 7.39. The molecule has 0 fully saturated rings. The van der Waals surface area contributed by atoms with E-state index < -0.39 is 0 Å². The van der Waals surface area contributed by atoms with Crippen molar-refractivity contribution in [2.75, 3.05) is 13.7 Å². The maximum absolute atomic E-state index is 13.5. The van der Waals surface area contributed by atoms with E-state index in [0.717, 1.165) is 0 Å². The molecule has 0 heterocycles. The third-order valence-corrected chi connectivity index (χ3v) is 3.41. The van der Waals surface area contributed by atoms with Crippen molar-refractivity contribution in [1.29, 1.82) is 0 Å². The number of hydrogen-bond acceptors (Lipinski definition) is 3. The maximum Gasteiger partial charge on any atom is 0.251 e. The Bertz CT molecular complexity index is 701. The normalized spacial score (nSPS) is 10.3. The molecule has 23 heavy (non-hydrogen) atoms. The highest BCUT2D eigenvalue weighted by Crippen LogP contribution is 2.28. The van der Waals surface area contributed by atoms with Crippen LogP contribution in [0.1, 0.15) is 28.4 Å². The highest BCUT2D eigenvalue weighted by Gasteiger charge is 2.11. The minimum absolute atomic E-state index is 0.256. The van der Waals surface area contributed by atoms with Crippen LogP contribution in [0.3, 0.4) is 0 Å². The van der Waals surface area contributed by atoms with E-state index in [2.05, 4.69) is 5.32 Å². The fourth-order valence-corrected chi connectivity index (χ4v) is 2.11. The Morgan fingerprint density at radius 1 is 1.17 bits per heavy atom. The first-order valence-corrected chi connectivity index (χ1v) is 7.39. The summed E-state index contributed by atoms with van der Waals surface area (Å²) in [5.74, 6) is 0.555. The van der Waals surface area contributed by atoms with E-state index in [4.69, 9.17) is 9.47 Å². The molecule has 0 radical (unpaired) electrons. The quantitative estimate of drug-likeness (QED) is 0.887. The lowest BCUT2D eigenvalue weighted by Gasteiger charge is -2.11. The molecule has 0 aliphatic carbocycles. The van der Waals surface area contributed by atoms with Gasteiger partial charge in [0.15, 0.2) is 11.5 Å². The Labute approximate surface area is 135 Å². The molecule has 5 heteroatoms. The number of halogens is 1. The van der Waals surface area contributed by atoms with Gasteiger partial charge in [0.2, 0.25) is 0 Å². The second-order valence-electron chi connectivity index (χ2n) is 5.06. The zero-order valence-electron chi connectivity index (χ0n) is 13.5. The van der Waals surface area contributed by atoms with Crippen LogP contribution in [0, 0.1) is 12.7 Å². The van der Waals surface area contributed by atoms with Gasteiger partial charge in [0, 0.05) is 12.1 Å². The van der Waals surface area contributed by atoms with Crippen molar-refractivity contribution in [2.24, 2.45) is 0 Å². The molecule has 2 aromatic carbocycles. The Morgan fingerprint density at radius 3 is 2.61 bits per heavy atom. The minimum atomic E-state index is -0.278. The molecule has 0 atom stereocenters. The van der Waals surface area contributed by atoms with Crippen molar-refractivity contribution in [3.8, 4) is 11.5 Å². The number of carbonyl (C=O) groups is 1. The number of ether oxygens (including phenoxy) is 2. The third-order valence-electron chi connectivity index (χ3n) is 3.41. The molecule has 2 rings (SSSR count). The summed E-state index contributed by atoms with van der Waals surface area (Å²) in [6.45, 7) is 4.34. The van der Waals surface area contributed by atoms with Crippen LogP contribution in [0.4, 0.5) is 4.39 Å². The fourth-order valence-electron chi connectivity index (χ4n) is 2.11. The van der Waals surface area contributed by atoms with Gasteiger partial charge in [-0.15, -0.1) is 0 Å². The van der Waals surface area contributed by atoms with Gasteiger partial charge in [-0.3, -0.25) is 4.79 Å². The monoisotopic (exact) mass is 317 g/mol. The van der Waals surface area contributed by atoms with E-state index in [1.165, 1.54) is 13.2 Å². The molecule has 0 aliphatic rings. The molecule has 0 aliphatic heterocycles. The molecule has 122 valence electrons. The highest BCUT2D eigenvalue weighted by atomic mass is 19.1. The van der Waals surface area contributed by atoms with Gasteiger partial charge >= 0.3 is 0 Å². The summed E-state index contributed by atoms with van der Waals surface area (Å²) < 4.78 is 24.1. The minimum Gasteiger partial charge on any atom is -0.493 e. The number of hydrogen-bond donors (Lipinski definition) is 1. The Kier molecular flexibility index (Phi) is 5.57. The van der Waals surface area contributed by atoms with Gasteiger partial charge in [0.05, 0.1) is 13.7 Å². The van der Waals surface area contributed by atoms with Crippen LogP contribution in [-0.2, 0) is 6.54 Å². The second kappa shape index (κ2) is 7.63. The molecular formula is C18H20FNO3. The summed E-state index contributed by atoms with van der Waals surface area (Å²) in [6.07, 6.45) is 0. The van der Waals surface area contributed by atoms with Crippen LogP contribution in [0.25, 0.3) is 0 Å². The fraction of sp³-hybridized carbons (Fsp3) is 0.278. The summed E-state index contributed by atoms with van der Waals surface area (Å²) in [5.41, 5.74) is 1.74. The van der Waals surface area contributed by atoms with E-state index in [1.54, 1.807) is 37.3 Å². The van der Waals surface area contributed by atoms with Crippen LogP contribution in [0.2, 0.25) is 0 Å². The predicted molar refractivity (Wildman–Crippen MR) is 86.5 cm³/mol. The van der Waals surface area contributed by atoms with E-state index >= 15 is 0 Å². The number of methoxy groups -OCH3 is 1. The van der Waals surface area contributed by atoms with E-state index in [-0.39, 0.29) is 18.3 Å². The van der Waals surface area contributed by atoms with Crippen molar-refractivity contribution in [2.45, 2.75) is 20.4 Å². The van der Waals surface area contributed by atoms with Crippen LogP contribution in [0.15, 0.2) is 36.4 Å². The smallest absolute Gasteiger partial charge is 0.251 e. The van der Waals surface area contributed by atoms with Crippen molar-refractivity contribution < 1.29 is 18.7 Å². The van der Waals surface area contributed by atoms with Gasteiger partial charge in [-0.2, -0.15) is 0 Å². The van der Waals surface area contributed by atoms with Crippen molar-refractivity contribution in [3.05, 3.63) is 58.9 Å². The number of aryl methyl sites for hydroxylation is 1. The van der Waals surface area contributed by atoms with E-state index in [1.807, 2.05) is 6.92 Å². The largest absolute Gasteiger partial charge is 0.493 e. The Hall–Kier alpha value is -2.56. The van der Waals surface area contributed by atoms with Gasteiger partial charge < -0.3 is 14.8 Å². The molecule has 0 saturated carbocycles. The van der Waals surface area contributed by atoms with Crippen molar-refractivity contribution in [3.63, 3.8) is 0 Å². The molecule has 1 amide bonds. The van der Waals surface area contributed by atoms with Gasteiger partial charge in [0.25, 0.3) is 5.91 Å². The zero-order chi connectivity index (χ0) is 16.8. The first kappa shape index (κ1) is 16.8. The molecule has 2 aromatic rings. The zero-order valence-corrected chi connectivity index (χ0v) is 13.5. The lowest BCUT2D eigenvalue weighted by Crippen LogP contribution is -2.22. The molecule has 0 bridgehead atoms. The third kappa shape index (κ3) is 4.22. The number of rotatable bonds is 6. The lowest BCUT2D eigenvalue weighted by molar-refractivity contribution is 0.0950. The average molecular weight is 317 g/mol. The SMILES string of the molecule is CCOc1ccc(C(=O)NCc2ccc(C)c(F)c2)cc1OC. The second-order valence-corrected chi connectivity index (χ2v) is 5.06. The van der Waals surface area contributed by atoms with Crippen molar-refractivity contribution in [1.82, 2.24) is 5.32 Å². The van der Waals surface area contributed by atoms with Crippen LogP contribution in [0.5, 0.6) is 11.5 Å². The number of carbonyl (C=O) groups excluding carboxylic acids is 1. The summed E-state index contributed by atoms with van der Waals surface area (Å²) in [7, 11) is 1.52. The Balaban J connectivity index is 2.06. The topological polar surface area (TPSA) is 47.6 Å². The van der Waals surface area contributed by atoms with E-state index in [9.17, 15) is 9.18 Å². The van der Waals surface area contributed by atoms with Crippen LogP contribution in [-0.4, -0.2) is 19.6 Å². The molecular weight excluding hydrogens is 297 g/mol. The van der Waals surface area contributed by atoms with Gasteiger partial charge in [-0.25, -0.2) is 4.39 Å². The predicted octanol–water partition coefficient (Wildman–Crippen LogP) is 3.47. The van der Waals surface area contributed by atoms with Gasteiger partial charge in [-0.05, 0) is 49.2 Å². The van der Waals surface area contributed by atoms with Gasteiger partial charge in [-0.1, -0.05) is 12.1 Å². The van der Waals surface area contributed by atoms with E-state index in [0.29, 0.717) is 34.8 Å². The summed E-state index contributed by atoms with van der Waals surface area (Å²) in [6, 6.07) is 9.89. The standard InChI is InChI=1S/C18H20FNO3/c1-4-23-16-8-7-14(10-17(16)22-3)18(21)20-11-13-6-5-12(2)15(19)9-13/h5-10H,4,11H2,1-3H3,(H,20,21). The maximum atomic E-state index is 13.5. The van der Waals surface area contributed by atoms with Crippen molar-refractivity contribution >= 4 is 5.91 Å². The summed E-state index contributed by atoms with van der Waals surface area (Å²) in [4.78, 5) is 12.2. The number of amides is 1. The first-order chi connectivity index (χ1) is 11.0.